The molecule has 0 spiro atoms. The van der Waals surface area contributed by atoms with Gasteiger partial charge in [0.25, 0.3) is 5.91 Å². The fourth-order valence-electron chi connectivity index (χ4n) is 3.87. The molecule has 1 fully saturated rings. The lowest BCUT2D eigenvalue weighted by molar-refractivity contribution is 0.102. The second kappa shape index (κ2) is 9.31. The van der Waals surface area contributed by atoms with Gasteiger partial charge < -0.3 is 10.2 Å². The van der Waals surface area contributed by atoms with Crippen molar-refractivity contribution in [3.05, 3.63) is 94.8 Å². The predicted octanol–water partition coefficient (Wildman–Crippen LogP) is 5.02. The Labute approximate surface area is 183 Å². The number of benzene rings is 3. The van der Waals surface area contributed by atoms with E-state index in [2.05, 4.69) is 15.1 Å². The fraction of sp³-hybridized carbons (Fsp3) is 0.269. The van der Waals surface area contributed by atoms with Gasteiger partial charge in [-0.1, -0.05) is 24.3 Å². The number of nitrogens with zero attached hydrogens (tertiary/aromatic N) is 2. The Morgan fingerprint density at radius 1 is 0.903 bits per heavy atom. The lowest BCUT2D eigenvalue weighted by Gasteiger charge is -2.36. The second-order valence-corrected chi connectivity index (χ2v) is 8.15. The summed E-state index contributed by atoms with van der Waals surface area (Å²) in [6, 6.07) is 20.7. The van der Waals surface area contributed by atoms with Gasteiger partial charge in [-0.2, -0.15) is 0 Å². The fourth-order valence-corrected chi connectivity index (χ4v) is 3.87. The van der Waals surface area contributed by atoms with Crippen LogP contribution in [0.1, 0.15) is 27.0 Å². The number of aryl methyl sites for hydroxylation is 2. The average Bonchev–Trinajstić information content (AvgIpc) is 2.78. The highest BCUT2D eigenvalue weighted by Crippen LogP contribution is 2.21. The van der Waals surface area contributed by atoms with Crippen LogP contribution in [0, 0.1) is 19.7 Å². The van der Waals surface area contributed by atoms with E-state index >= 15 is 0 Å². The molecule has 5 heteroatoms. The van der Waals surface area contributed by atoms with Crippen molar-refractivity contribution in [2.45, 2.75) is 20.4 Å². The second-order valence-electron chi connectivity index (χ2n) is 8.15. The SMILES string of the molecule is Cc1ccc(C(=O)Nc2ccc(N3CCN(Cc4ccccc4F)CC3)cc2)cc1C. The van der Waals surface area contributed by atoms with Gasteiger partial charge in [-0.05, 0) is 67.4 Å². The molecular formula is C26H28FN3O. The summed E-state index contributed by atoms with van der Waals surface area (Å²) in [6.07, 6.45) is 0. The molecule has 1 N–H and O–H groups in total. The van der Waals surface area contributed by atoms with Crippen LogP contribution in [0.4, 0.5) is 15.8 Å². The molecule has 160 valence electrons. The molecule has 0 unspecified atom stereocenters. The van der Waals surface area contributed by atoms with Gasteiger partial charge in [-0.25, -0.2) is 4.39 Å². The lowest BCUT2D eigenvalue weighted by atomic mass is 10.1. The molecule has 1 saturated heterocycles. The maximum atomic E-state index is 13.9. The predicted molar refractivity (Wildman–Crippen MR) is 124 cm³/mol. The number of carbonyl (C=O) groups excluding carboxylic acids is 1. The number of hydrogen-bond acceptors (Lipinski definition) is 3. The molecule has 1 heterocycles. The molecule has 0 aromatic heterocycles. The van der Waals surface area contributed by atoms with Crippen molar-refractivity contribution in [2.75, 3.05) is 36.4 Å². The minimum absolute atomic E-state index is 0.0994. The smallest absolute Gasteiger partial charge is 0.255 e. The van der Waals surface area contributed by atoms with E-state index in [-0.39, 0.29) is 11.7 Å². The van der Waals surface area contributed by atoms with E-state index in [4.69, 9.17) is 0 Å². The highest BCUT2D eigenvalue weighted by atomic mass is 19.1. The highest BCUT2D eigenvalue weighted by molar-refractivity contribution is 6.04. The van der Waals surface area contributed by atoms with Crippen molar-refractivity contribution >= 4 is 17.3 Å². The van der Waals surface area contributed by atoms with Crippen LogP contribution >= 0.6 is 0 Å². The molecule has 0 radical (unpaired) electrons. The third-order valence-electron chi connectivity index (χ3n) is 5.98. The van der Waals surface area contributed by atoms with Crippen LogP contribution in [0.3, 0.4) is 0 Å². The Bertz CT molecular complexity index is 1060. The number of amides is 1. The zero-order valence-corrected chi connectivity index (χ0v) is 18.1. The van der Waals surface area contributed by atoms with Crippen molar-refractivity contribution in [1.82, 2.24) is 4.90 Å². The van der Waals surface area contributed by atoms with E-state index in [1.165, 1.54) is 11.6 Å². The Hall–Kier alpha value is -3.18. The summed E-state index contributed by atoms with van der Waals surface area (Å²) in [5.41, 5.74) is 5.62. The van der Waals surface area contributed by atoms with Crippen LogP contribution in [0.5, 0.6) is 0 Å². The number of piperazine rings is 1. The molecule has 3 aromatic rings. The number of rotatable bonds is 5. The van der Waals surface area contributed by atoms with E-state index in [1.807, 2.05) is 68.4 Å². The topological polar surface area (TPSA) is 35.6 Å². The van der Waals surface area contributed by atoms with Crippen LogP contribution in [-0.2, 0) is 6.54 Å². The number of halogens is 1. The quantitative estimate of drug-likeness (QED) is 0.633. The Morgan fingerprint density at radius 2 is 1.61 bits per heavy atom. The maximum Gasteiger partial charge on any atom is 0.255 e. The van der Waals surface area contributed by atoms with Gasteiger partial charge in [0.15, 0.2) is 0 Å². The Balaban J connectivity index is 1.32. The Kier molecular flexibility index (Phi) is 6.33. The zero-order chi connectivity index (χ0) is 21.8. The molecule has 31 heavy (non-hydrogen) atoms. The minimum Gasteiger partial charge on any atom is -0.369 e. The minimum atomic E-state index is -0.136. The summed E-state index contributed by atoms with van der Waals surface area (Å²) < 4.78 is 13.9. The molecule has 3 aromatic carbocycles. The monoisotopic (exact) mass is 417 g/mol. The van der Waals surface area contributed by atoms with Crippen molar-refractivity contribution in [2.24, 2.45) is 0 Å². The molecule has 4 nitrogen and oxygen atoms in total. The third-order valence-corrected chi connectivity index (χ3v) is 5.98. The van der Waals surface area contributed by atoms with Crippen molar-refractivity contribution < 1.29 is 9.18 Å². The van der Waals surface area contributed by atoms with Crippen LogP contribution in [-0.4, -0.2) is 37.0 Å². The van der Waals surface area contributed by atoms with Crippen LogP contribution in [0.15, 0.2) is 66.7 Å². The van der Waals surface area contributed by atoms with Gasteiger partial charge in [0.2, 0.25) is 0 Å². The summed E-state index contributed by atoms with van der Waals surface area (Å²) in [7, 11) is 0. The van der Waals surface area contributed by atoms with Gasteiger partial charge in [0.05, 0.1) is 0 Å². The van der Waals surface area contributed by atoms with Crippen LogP contribution in [0.25, 0.3) is 0 Å². The normalized spacial score (nSPS) is 14.5. The summed E-state index contributed by atoms with van der Waals surface area (Å²) >= 11 is 0. The molecular weight excluding hydrogens is 389 g/mol. The van der Waals surface area contributed by atoms with E-state index in [0.717, 1.165) is 48.7 Å². The van der Waals surface area contributed by atoms with Crippen molar-refractivity contribution in [3.63, 3.8) is 0 Å². The Morgan fingerprint density at radius 3 is 2.29 bits per heavy atom. The van der Waals surface area contributed by atoms with E-state index < -0.39 is 0 Å². The van der Waals surface area contributed by atoms with Gasteiger partial charge >= 0.3 is 0 Å². The van der Waals surface area contributed by atoms with E-state index in [0.29, 0.717) is 12.1 Å². The summed E-state index contributed by atoms with van der Waals surface area (Å²) in [5.74, 6) is -0.235. The first-order chi connectivity index (χ1) is 15.0. The van der Waals surface area contributed by atoms with E-state index in [1.54, 1.807) is 6.07 Å². The molecule has 1 aliphatic rings. The van der Waals surface area contributed by atoms with E-state index in [9.17, 15) is 9.18 Å². The first-order valence-corrected chi connectivity index (χ1v) is 10.7. The highest BCUT2D eigenvalue weighted by Gasteiger charge is 2.18. The maximum absolute atomic E-state index is 13.9. The van der Waals surface area contributed by atoms with Gasteiger partial charge in [-0.15, -0.1) is 0 Å². The summed E-state index contributed by atoms with van der Waals surface area (Å²) in [4.78, 5) is 17.1. The molecule has 1 aliphatic heterocycles. The van der Waals surface area contributed by atoms with Gasteiger partial charge in [-0.3, -0.25) is 9.69 Å². The van der Waals surface area contributed by atoms with Gasteiger partial charge in [0.1, 0.15) is 5.82 Å². The zero-order valence-electron chi connectivity index (χ0n) is 18.1. The number of anilines is 2. The van der Waals surface area contributed by atoms with Crippen molar-refractivity contribution in [3.8, 4) is 0 Å². The number of hydrogen-bond donors (Lipinski definition) is 1. The molecule has 0 aliphatic carbocycles. The molecule has 4 rings (SSSR count). The van der Waals surface area contributed by atoms with Crippen LogP contribution < -0.4 is 10.2 Å². The molecule has 0 saturated carbocycles. The standard InChI is InChI=1S/C26H28FN3O/c1-19-7-8-21(17-20(19)2)26(31)28-23-9-11-24(12-10-23)30-15-13-29(14-16-30)18-22-5-3-4-6-25(22)27/h3-12,17H,13-16,18H2,1-2H3,(H,28,31). The molecule has 0 bridgehead atoms. The van der Waals surface area contributed by atoms with Crippen molar-refractivity contribution in [1.29, 1.82) is 0 Å². The molecule has 1 amide bonds. The molecule has 0 atom stereocenters. The number of carbonyl (C=O) groups is 1. The number of nitrogens with one attached hydrogen (secondary N) is 1. The van der Waals surface area contributed by atoms with Crippen LogP contribution in [0.2, 0.25) is 0 Å². The first kappa shape index (κ1) is 21.1. The largest absolute Gasteiger partial charge is 0.369 e. The third kappa shape index (κ3) is 5.12. The first-order valence-electron chi connectivity index (χ1n) is 10.7. The van der Waals surface area contributed by atoms with Gasteiger partial charge in [0, 0.05) is 55.2 Å². The summed E-state index contributed by atoms with van der Waals surface area (Å²) in [5, 5.41) is 2.97. The summed E-state index contributed by atoms with van der Waals surface area (Å²) in [6.45, 7) is 8.25. The lowest BCUT2D eigenvalue weighted by Crippen LogP contribution is -2.46. The average molecular weight is 418 g/mol.